The molecule has 9 heteroatoms. The van der Waals surface area contributed by atoms with Gasteiger partial charge in [0.1, 0.15) is 5.75 Å². The van der Waals surface area contributed by atoms with Crippen LogP contribution in [0.25, 0.3) is 0 Å². The van der Waals surface area contributed by atoms with E-state index in [1.807, 2.05) is 6.92 Å². The summed E-state index contributed by atoms with van der Waals surface area (Å²) >= 11 is 0. The SMILES string of the molecule is COc1cc(C)cc(C)c1C(OC)(N1Cc2cc(C#N)ccc2C1COCC[Si](C)(C)C)C(F)(F)F. The Kier molecular flexibility index (Phi) is 8.25. The summed E-state index contributed by atoms with van der Waals surface area (Å²) < 4.78 is 62.9. The Bertz CT molecular complexity index is 1140. The zero-order valence-corrected chi connectivity index (χ0v) is 23.0. The number of fused-ring (bicyclic) bond motifs is 1. The van der Waals surface area contributed by atoms with Crippen molar-refractivity contribution in [3.8, 4) is 11.8 Å². The number of nitrogens with zero attached hydrogens (tertiary/aromatic N) is 2. The van der Waals surface area contributed by atoms with Crippen LogP contribution in [0.5, 0.6) is 5.75 Å². The monoisotopic (exact) mass is 520 g/mol. The van der Waals surface area contributed by atoms with Crippen molar-refractivity contribution < 1.29 is 27.4 Å². The van der Waals surface area contributed by atoms with Gasteiger partial charge in [0.05, 0.1) is 37.0 Å². The van der Waals surface area contributed by atoms with Crippen molar-refractivity contribution >= 4 is 8.07 Å². The Labute approximate surface area is 212 Å². The van der Waals surface area contributed by atoms with Crippen LogP contribution >= 0.6 is 0 Å². The number of hydrogen-bond donors (Lipinski definition) is 0. The van der Waals surface area contributed by atoms with E-state index in [-0.39, 0.29) is 24.5 Å². The van der Waals surface area contributed by atoms with E-state index in [1.165, 1.54) is 12.0 Å². The van der Waals surface area contributed by atoms with Gasteiger partial charge in [-0.2, -0.15) is 18.4 Å². The van der Waals surface area contributed by atoms with Crippen LogP contribution in [-0.4, -0.2) is 46.6 Å². The first kappa shape index (κ1) is 28.2. The van der Waals surface area contributed by atoms with Crippen LogP contribution in [0.15, 0.2) is 30.3 Å². The molecule has 2 aromatic carbocycles. The van der Waals surface area contributed by atoms with Gasteiger partial charge in [-0.15, -0.1) is 0 Å². The standard InChI is InChI=1S/C27H35F3N2O3Si/c1-18-12-19(2)25(24(13-18)33-3)26(34-4,27(28,29)30)32-16-21-14-20(15-31)8-9-22(21)23(32)17-35-10-11-36(5,6)7/h8-9,12-14,23H,10-11,16-17H2,1-7H3. The summed E-state index contributed by atoms with van der Waals surface area (Å²) in [5.41, 5.74) is 0.0835. The number of alkyl halides is 3. The van der Waals surface area contributed by atoms with Crippen molar-refractivity contribution in [2.24, 2.45) is 0 Å². The van der Waals surface area contributed by atoms with Gasteiger partial charge >= 0.3 is 6.18 Å². The maximum Gasteiger partial charge on any atom is 0.436 e. The van der Waals surface area contributed by atoms with E-state index in [9.17, 15) is 5.26 Å². The highest BCUT2D eigenvalue weighted by Crippen LogP contribution is 2.54. The number of aryl methyl sites for hydroxylation is 2. The largest absolute Gasteiger partial charge is 0.496 e. The van der Waals surface area contributed by atoms with Crippen molar-refractivity contribution in [2.45, 2.75) is 64.0 Å². The molecular formula is C27H35F3N2O3Si. The van der Waals surface area contributed by atoms with E-state index < -0.39 is 26.0 Å². The average molecular weight is 521 g/mol. The molecule has 0 fully saturated rings. The Balaban J connectivity index is 2.18. The number of methoxy groups -OCH3 is 2. The fourth-order valence-corrected chi connectivity index (χ4v) is 5.75. The molecule has 36 heavy (non-hydrogen) atoms. The summed E-state index contributed by atoms with van der Waals surface area (Å²) in [5, 5.41) is 9.39. The van der Waals surface area contributed by atoms with Crippen LogP contribution < -0.4 is 4.74 Å². The third kappa shape index (κ3) is 5.32. The van der Waals surface area contributed by atoms with Gasteiger partial charge in [-0.1, -0.05) is 31.8 Å². The third-order valence-electron chi connectivity index (χ3n) is 6.71. The number of ether oxygens (including phenoxy) is 3. The number of rotatable bonds is 9. The summed E-state index contributed by atoms with van der Waals surface area (Å²) in [6.07, 6.45) is -4.81. The van der Waals surface area contributed by atoms with Crippen molar-refractivity contribution in [3.63, 3.8) is 0 Å². The molecule has 5 nitrogen and oxygen atoms in total. The molecule has 2 unspecified atom stereocenters. The molecule has 0 saturated carbocycles. The zero-order chi connectivity index (χ0) is 26.9. The van der Waals surface area contributed by atoms with E-state index >= 15 is 13.2 Å². The van der Waals surface area contributed by atoms with Gasteiger partial charge in [0.2, 0.25) is 5.72 Å². The van der Waals surface area contributed by atoms with Gasteiger partial charge in [0, 0.05) is 28.3 Å². The van der Waals surface area contributed by atoms with Crippen molar-refractivity contribution in [1.29, 1.82) is 5.26 Å². The second kappa shape index (κ2) is 10.5. The van der Waals surface area contributed by atoms with E-state index in [4.69, 9.17) is 14.2 Å². The van der Waals surface area contributed by atoms with Gasteiger partial charge in [-0.3, -0.25) is 4.90 Å². The summed E-state index contributed by atoms with van der Waals surface area (Å²) in [6, 6.07) is 10.6. The van der Waals surface area contributed by atoms with Crippen molar-refractivity contribution in [3.05, 3.63) is 63.7 Å². The fourth-order valence-electron chi connectivity index (χ4n) is 4.99. The molecule has 2 atom stereocenters. The van der Waals surface area contributed by atoms with Gasteiger partial charge in [-0.05, 0) is 60.3 Å². The highest BCUT2D eigenvalue weighted by Gasteiger charge is 2.65. The Hall–Kier alpha value is -2.38. The normalized spacial score (nSPS) is 18.0. The summed E-state index contributed by atoms with van der Waals surface area (Å²) in [5.74, 6) is 0.110. The molecule has 1 heterocycles. The molecule has 0 saturated heterocycles. The molecule has 0 radical (unpaired) electrons. The second-order valence-corrected chi connectivity index (χ2v) is 16.2. The minimum atomic E-state index is -4.81. The van der Waals surface area contributed by atoms with Crippen LogP contribution in [0.1, 0.15) is 39.4 Å². The lowest BCUT2D eigenvalue weighted by atomic mass is 9.91. The lowest BCUT2D eigenvalue weighted by Gasteiger charge is -2.45. The Morgan fingerprint density at radius 2 is 1.81 bits per heavy atom. The average Bonchev–Trinajstić information content (AvgIpc) is 3.14. The quantitative estimate of drug-likeness (QED) is 0.281. The minimum absolute atomic E-state index is 0.0588. The highest BCUT2D eigenvalue weighted by atomic mass is 28.3. The van der Waals surface area contributed by atoms with Crippen LogP contribution in [0.4, 0.5) is 13.2 Å². The van der Waals surface area contributed by atoms with Crippen molar-refractivity contribution in [1.82, 2.24) is 4.90 Å². The van der Waals surface area contributed by atoms with Gasteiger partial charge in [-0.25, -0.2) is 0 Å². The summed E-state index contributed by atoms with van der Waals surface area (Å²) in [4.78, 5) is 1.31. The van der Waals surface area contributed by atoms with Gasteiger partial charge in [0.15, 0.2) is 0 Å². The Morgan fingerprint density at radius 3 is 2.36 bits per heavy atom. The summed E-state index contributed by atoms with van der Waals surface area (Å²) in [6.45, 7) is 10.6. The molecule has 2 aromatic rings. The molecule has 0 N–H and O–H groups in total. The van der Waals surface area contributed by atoms with E-state index in [0.29, 0.717) is 28.9 Å². The second-order valence-electron chi connectivity index (χ2n) is 10.6. The molecule has 0 aliphatic carbocycles. The number of halogens is 3. The molecular weight excluding hydrogens is 485 g/mol. The van der Waals surface area contributed by atoms with Gasteiger partial charge < -0.3 is 14.2 Å². The first-order valence-corrected chi connectivity index (χ1v) is 15.6. The predicted octanol–water partition coefficient (Wildman–Crippen LogP) is 6.46. The van der Waals surface area contributed by atoms with E-state index in [0.717, 1.165) is 18.7 Å². The van der Waals surface area contributed by atoms with Crippen LogP contribution in [0.3, 0.4) is 0 Å². The first-order chi connectivity index (χ1) is 16.8. The van der Waals surface area contributed by atoms with E-state index in [1.54, 1.807) is 37.3 Å². The fraction of sp³-hybridized carbons (Fsp3) is 0.519. The molecule has 3 rings (SSSR count). The molecule has 0 bridgehead atoms. The lowest BCUT2D eigenvalue weighted by molar-refractivity contribution is -0.344. The number of hydrogen-bond acceptors (Lipinski definition) is 5. The zero-order valence-electron chi connectivity index (χ0n) is 22.0. The topological polar surface area (TPSA) is 54.7 Å². The molecule has 0 spiro atoms. The number of benzene rings is 2. The van der Waals surface area contributed by atoms with Gasteiger partial charge in [0.25, 0.3) is 0 Å². The summed E-state index contributed by atoms with van der Waals surface area (Å²) in [7, 11) is 1.06. The first-order valence-electron chi connectivity index (χ1n) is 11.9. The van der Waals surface area contributed by atoms with Crippen LogP contribution in [0, 0.1) is 25.2 Å². The lowest BCUT2D eigenvalue weighted by Crippen LogP contribution is -2.57. The smallest absolute Gasteiger partial charge is 0.436 e. The number of nitriles is 1. The van der Waals surface area contributed by atoms with E-state index in [2.05, 4.69) is 25.7 Å². The third-order valence-corrected chi connectivity index (χ3v) is 8.41. The Morgan fingerprint density at radius 1 is 1.11 bits per heavy atom. The van der Waals surface area contributed by atoms with Crippen molar-refractivity contribution in [2.75, 3.05) is 27.4 Å². The highest BCUT2D eigenvalue weighted by molar-refractivity contribution is 6.76. The van der Waals surface area contributed by atoms with Crippen LogP contribution in [0.2, 0.25) is 25.7 Å². The molecule has 1 aliphatic heterocycles. The predicted molar refractivity (Wildman–Crippen MR) is 136 cm³/mol. The molecule has 0 aromatic heterocycles. The molecule has 0 amide bonds. The maximum atomic E-state index is 15.3. The molecule has 1 aliphatic rings. The van der Waals surface area contributed by atoms with Crippen LogP contribution in [-0.2, 0) is 21.7 Å². The molecule has 196 valence electrons. The minimum Gasteiger partial charge on any atom is -0.496 e. The maximum absolute atomic E-state index is 15.3.